The first-order chi connectivity index (χ1) is 6.11. The van der Waals surface area contributed by atoms with Crippen molar-refractivity contribution in [2.75, 3.05) is 0 Å². The van der Waals surface area contributed by atoms with Gasteiger partial charge in [0, 0.05) is 10.9 Å². The predicted molar refractivity (Wildman–Crippen MR) is 54.0 cm³/mol. The third kappa shape index (κ3) is 1.23. The van der Waals surface area contributed by atoms with Crippen LogP contribution in [0.2, 0.25) is 0 Å². The standard InChI is InChI=1S/C10H13NOS/c1-6-3-4-9-8(5-6)10(11)7(2)13(9)12/h3-5,7,10H,11H2,1-2H3. The molecule has 1 aromatic rings. The van der Waals surface area contributed by atoms with Gasteiger partial charge >= 0.3 is 0 Å². The molecule has 0 saturated heterocycles. The molecule has 13 heavy (non-hydrogen) atoms. The maximum atomic E-state index is 11.7. The fourth-order valence-electron chi connectivity index (χ4n) is 1.70. The van der Waals surface area contributed by atoms with Gasteiger partial charge in [0.05, 0.1) is 16.0 Å². The van der Waals surface area contributed by atoms with E-state index in [-0.39, 0.29) is 11.3 Å². The highest BCUT2D eigenvalue weighted by Crippen LogP contribution is 2.34. The second-order valence-electron chi connectivity index (χ2n) is 3.57. The zero-order valence-corrected chi connectivity index (χ0v) is 8.60. The second kappa shape index (κ2) is 2.93. The zero-order valence-electron chi connectivity index (χ0n) is 7.78. The Morgan fingerprint density at radius 3 is 2.85 bits per heavy atom. The highest BCUT2D eigenvalue weighted by atomic mass is 32.2. The molecule has 0 bridgehead atoms. The molecule has 2 N–H and O–H groups in total. The van der Waals surface area contributed by atoms with Gasteiger partial charge in [-0.1, -0.05) is 17.7 Å². The average molecular weight is 195 g/mol. The lowest BCUT2D eigenvalue weighted by atomic mass is 10.0. The summed E-state index contributed by atoms with van der Waals surface area (Å²) in [5.74, 6) is 0. The van der Waals surface area contributed by atoms with E-state index in [1.54, 1.807) is 0 Å². The van der Waals surface area contributed by atoms with Crippen molar-refractivity contribution >= 4 is 10.8 Å². The van der Waals surface area contributed by atoms with Crippen LogP contribution in [0.1, 0.15) is 24.1 Å². The van der Waals surface area contributed by atoms with E-state index in [2.05, 4.69) is 0 Å². The van der Waals surface area contributed by atoms with E-state index in [1.165, 1.54) is 5.56 Å². The van der Waals surface area contributed by atoms with Crippen molar-refractivity contribution in [3.05, 3.63) is 29.3 Å². The zero-order chi connectivity index (χ0) is 9.59. The van der Waals surface area contributed by atoms with Crippen LogP contribution in [-0.2, 0) is 10.8 Å². The van der Waals surface area contributed by atoms with Crippen LogP contribution in [0, 0.1) is 6.92 Å². The fraction of sp³-hybridized carbons (Fsp3) is 0.400. The van der Waals surface area contributed by atoms with Gasteiger partial charge < -0.3 is 5.73 Å². The molecule has 2 rings (SSSR count). The number of nitrogens with two attached hydrogens (primary N) is 1. The lowest BCUT2D eigenvalue weighted by Crippen LogP contribution is -2.20. The topological polar surface area (TPSA) is 43.1 Å². The quantitative estimate of drug-likeness (QED) is 0.682. The molecule has 1 heterocycles. The van der Waals surface area contributed by atoms with Gasteiger partial charge in [-0.05, 0) is 25.5 Å². The molecular weight excluding hydrogens is 182 g/mol. The van der Waals surface area contributed by atoms with Crippen molar-refractivity contribution in [2.24, 2.45) is 5.73 Å². The Balaban J connectivity index is 2.60. The van der Waals surface area contributed by atoms with Gasteiger partial charge in [0.2, 0.25) is 0 Å². The van der Waals surface area contributed by atoms with Crippen LogP contribution in [0.15, 0.2) is 23.1 Å². The lowest BCUT2D eigenvalue weighted by molar-refractivity contribution is 0.662. The van der Waals surface area contributed by atoms with Gasteiger partial charge in [-0.3, -0.25) is 4.21 Å². The summed E-state index contributed by atoms with van der Waals surface area (Å²) in [6.07, 6.45) is 0. The molecule has 0 spiro atoms. The molecule has 3 unspecified atom stereocenters. The molecule has 70 valence electrons. The van der Waals surface area contributed by atoms with Crippen molar-refractivity contribution in [1.29, 1.82) is 0 Å². The number of aryl methyl sites for hydroxylation is 1. The predicted octanol–water partition coefficient (Wildman–Crippen LogP) is 1.50. The summed E-state index contributed by atoms with van der Waals surface area (Å²) in [5.41, 5.74) is 8.20. The Morgan fingerprint density at radius 2 is 2.15 bits per heavy atom. The molecule has 3 atom stereocenters. The van der Waals surface area contributed by atoms with E-state index < -0.39 is 10.8 Å². The van der Waals surface area contributed by atoms with Crippen LogP contribution in [0.25, 0.3) is 0 Å². The maximum absolute atomic E-state index is 11.7. The van der Waals surface area contributed by atoms with Crippen molar-refractivity contribution in [3.63, 3.8) is 0 Å². The molecule has 1 aliphatic heterocycles. The summed E-state index contributed by atoms with van der Waals surface area (Å²) in [6, 6.07) is 5.91. The molecule has 3 heteroatoms. The largest absolute Gasteiger partial charge is 0.323 e. The second-order valence-corrected chi connectivity index (χ2v) is 5.35. The fourth-order valence-corrected chi connectivity index (χ4v) is 3.14. The molecule has 0 fully saturated rings. The van der Waals surface area contributed by atoms with E-state index in [0.717, 1.165) is 10.5 Å². The molecule has 1 aromatic carbocycles. The van der Waals surface area contributed by atoms with Gasteiger partial charge in [0.15, 0.2) is 0 Å². The SMILES string of the molecule is Cc1ccc2c(c1)C(N)C(C)S2=O. The highest BCUT2D eigenvalue weighted by Gasteiger charge is 2.32. The monoisotopic (exact) mass is 195 g/mol. The molecule has 0 aromatic heterocycles. The minimum Gasteiger partial charge on any atom is -0.323 e. The summed E-state index contributed by atoms with van der Waals surface area (Å²) < 4.78 is 11.7. The van der Waals surface area contributed by atoms with Gasteiger partial charge in [0.1, 0.15) is 0 Å². The van der Waals surface area contributed by atoms with Crippen molar-refractivity contribution in [2.45, 2.75) is 30.0 Å². The van der Waals surface area contributed by atoms with E-state index >= 15 is 0 Å². The Kier molecular flexibility index (Phi) is 2.00. The summed E-state index contributed by atoms with van der Waals surface area (Å²) in [6.45, 7) is 3.97. The molecule has 0 radical (unpaired) electrons. The third-order valence-corrected chi connectivity index (χ3v) is 4.36. The summed E-state index contributed by atoms with van der Waals surface area (Å²) in [4.78, 5) is 0.922. The first kappa shape index (κ1) is 8.91. The number of rotatable bonds is 0. The Bertz CT molecular complexity index is 375. The Hall–Kier alpha value is -0.670. The van der Waals surface area contributed by atoms with Crippen LogP contribution >= 0.6 is 0 Å². The van der Waals surface area contributed by atoms with Crippen molar-refractivity contribution in [3.8, 4) is 0 Å². The molecule has 0 amide bonds. The first-order valence-corrected chi connectivity index (χ1v) is 5.59. The van der Waals surface area contributed by atoms with Crippen LogP contribution in [0.5, 0.6) is 0 Å². The highest BCUT2D eigenvalue weighted by molar-refractivity contribution is 7.86. The minimum atomic E-state index is -0.906. The first-order valence-electron chi connectivity index (χ1n) is 4.38. The third-order valence-electron chi connectivity index (χ3n) is 2.58. The molecular formula is C10H13NOS. The van der Waals surface area contributed by atoms with Gasteiger partial charge in [0.25, 0.3) is 0 Å². The normalized spacial score (nSPS) is 31.8. The van der Waals surface area contributed by atoms with Gasteiger partial charge in [-0.2, -0.15) is 0 Å². The van der Waals surface area contributed by atoms with Crippen LogP contribution in [0.4, 0.5) is 0 Å². The number of benzene rings is 1. The Morgan fingerprint density at radius 1 is 1.46 bits per heavy atom. The summed E-state index contributed by atoms with van der Waals surface area (Å²) >= 11 is 0. The van der Waals surface area contributed by atoms with E-state index in [0.29, 0.717) is 0 Å². The van der Waals surface area contributed by atoms with E-state index in [1.807, 2.05) is 32.0 Å². The van der Waals surface area contributed by atoms with Crippen molar-refractivity contribution in [1.82, 2.24) is 0 Å². The van der Waals surface area contributed by atoms with E-state index in [4.69, 9.17) is 5.73 Å². The number of hydrogen-bond acceptors (Lipinski definition) is 2. The molecule has 0 aliphatic carbocycles. The summed E-state index contributed by atoms with van der Waals surface area (Å²) in [7, 11) is -0.906. The number of fused-ring (bicyclic) bond motifs is 1. The smallest absolute Gasteiger partial charge is 0.0580 e. The average Bonchev–Trinajstić information content (AvgIpc) is 2.32. The van der Waals surface area contributed by atoms with Gasteiger partial charge in [-0.15, -0.1) is 0 Å². The molecule has 1 aliphatic rings. The molecule has 0 saturated carbocycles. The van der Waals surface area contributed by atoms with Crippen molar-refractivity contribution < 1.29 is 4.21 Å². The number of hydrogen-bond donors (Lipinski definition) is 1. The summed E-state index contributed by atoms with van der Waals surface area (Å²) in [5, 5.41) is 0.0526. The van der Waals surface area contributed by atoms with Crippen LogP contribution in [-0.4, -0.2) is 9.46 Å². The van der Waals surface area contributed by atoms with Gasteiger partial charge in [-0.25, -0.2) is 0 Å². The van der Waals surface area contributed by atoms with E-state index in [9.17, 15) is 4.21 Å². The molecule has 2 nitrogen and oxygen atoms in total. The lowest BCUT2D eigenvalue weighted by Gasteiger charge is -2.07. The van der Waals surface area contributed by atoms with Crippen LogP contribution in [0.3, 0.4) is 0 Å². The minimum absolute atomic E-state index is 0.0526. The van der Waals surface area contributed by atoms with Crippen LogP contribution < -0.4 is 5.73 Å². The Labute approximate surface area is 80.6 Å². The maximum Gasteiger partial charge on any atom is 0.0580 e.